The molecule has 0 saturated carbocycles. The third-order valence-corrected chi connectivity index (χ3v) is 8.98. The van der Waals surface area contributed by atoms with Gasteiger partial charge in [-0.15, -0.1) is 0 Å². The highest BCUT2D eigenvalue weighted by Gasteiger charge is 2.57. The fourth-order valence-corrected chi connectivity index (χ4v) is 5.46. The molecule has 12 heteroatoms. The summed E-state index contributed by atoms with van der Waals surface area (Å²) in [5.41, 5.74) is -2.60. The first-order chi connectivity index (χ1) is 9.57. The Bertz CT molecular complexity index is 600. The van der Waals surface area contributed by atoms with Crippen LogP contribution in [-0.2, 0) is 18.5 Å². The molecule has 0 amide bonds. The smallest absolute Gasteiger partial charge is 0.293 e. The molecule has 0 aliphatic heterocycles. The van der Waals surface area contributed by atoms with Crippen LogP contribution in [0.15, 0.2) is 18.2 Å². The molecular weight excluding hydrogens is 323 g/mol. The lowest BCUT2D eigenvalue weighted by Gasteiger charge is -2.40. The van der Waals surface area contributed by atoms with E-state index < -0.39 is 20.5 Å². The average molecular weight is 340 g/mol. The van der Waals surface area contributed by atoms with Gasteiger partial charge in [0, 0.05) is 12.7 Å². The fraction of sp³-hybridized carbons (Fsp3) is 0.333. The summed E-state index contributed by atoms with van der Waals surface area (Å²) >= 11 is 0. The fourth-order valence-electron chi connectivity index (χ4n) is 2.10. The zero-order valence-corrected chi connectivity index (χ0v) is 13.4. The van der Waals surface area contributed by atoms with Gasteiger partial charge < -0.3 is 24.2 Å². The minimum atomic E-state index is -5.02. The highest BCUT2D eigenvalue weighted by atomic mass is 31.2. The van der Waals surface area contributed by atoms with Crippen LogP contribution in [0.3, 0.4) is 0 Å². The number of aryl methyl sites for hydroxylation is 1. The lowest BCUT2D eigenvalue weighted by atomic mass is 9.66. The van der Waals surface area contributed by atoms with Crippen molar-refractivity contribution in [2.24, 2.45) is 0 Å². The quantitative estimate of drug-likeness (QED) is 0.226. The van der Waals surface area contributed by atoms with Gasteiger partial charge in [0.2, 0.25) is 14.9 Å². The molecule has 1 aromatic carbocycles. The summed E-state index contributed by atoms with van der Waals surface area (Å²) in [6, 6.07) is 4.52. The number of nitrogens with one attached hydrogen (secondary N) is 1. The highest BCUT2D eigenvalue weighted by Crippen LogP contribution is 2.69. The molecule has 2 atom stereocenters. The van der Waals surface area contributed by atoms with E-state index in [2.05, 4.69) is 14.7 Å². The maximum atomic E-state index is 12.1. The van der Waals surface area contributed by atoms with E-state index in [1.807, 2.05) is 0 Å². The summed E-state index contributed by atoms with van der Waals surface area (Å²) in [6.07, 6.45) is 0. The van der Waals surface area contributed by atoms with Crippen molar-refractivity contribution in [3.63, 3.8) is 0 Å². The number of anilines is 1. The van der Waals surface area contributed by atoms with Crippen LogP contribution in [0.25, 0.3) is 0 Å². The van der Waals surface area contributed by atoms with Crippen LogP contribution in [0.4, 0.5) is 5.69 Å². The lowest BCUT2D eigenvalue weighted by molar-refractivity contribution is -0.145. The van der Waals surface area contributed by atoms with Crippen LogP contribution in [0.1, 0.15) is 5.56 Å². The van der Waals surface area contributed by atoms with Gasteiger partial charge >= 0.3 is 0 Å². The monoisotopic (exact) mass is 340 g/mol. The Morgan fingerprint density at radius 3 is 2.00 bits per heavy atom. The van der Waals surface area contributed by atoms with E-state index in [9.17, 15) is 18.9 Å². The van der Waals surface area contributed by atoms with Gasteiger partial charge in [0.25, 0.3) is 5.59 Å². The van der Waals surface area contributed by atoms with Crippen LogP contribution >= 0.6 is 14.9 Å². The molecule has 1 aromatic rings. The van der Waals surface area contributed by atoms with Crippen molar-refractivity contribution in [1.82, 2.24) is 0 Å². The molecular formula is C9H17BNO8P2-. The van der Waals surface area contributed by atoms with Crippen LogP contribution in [0.2, 0.25) is 6.82 Å². The normalized spacial score (nSPS) is 20.1. The zero-order valence-electron chi connectivity index (χ0n) is 11.6. The Hall–Kier alpha value is -0.695. The van der Waals surface area contributed by atoms with Crippen molar-refractivity contribution < 1.29 is 38.8 Å². The number of hydrogen-bond acceptors (Lipinski definition) is 7. The van der Waals surface area contributed by atoms with Crippen molar-refractivity contribution in [3.8, 4) is 0 Å². The predicted molar refractivity (Wildman–Crippen MR) is 79.1 cm³/mol. The van der Waals surface area contributed by atoms with E-state index in [0.717, 1.165) is 6.82 Å². The molecule has 5 N–H and O–H groups in total. The Morgan fingerprint density at radius 1 is 1.14 bits per heavy atom. The second kappa shape index (κ2) is 6.20. The Balaban J connectivity index is 3.76. The molecule has 0 bridgehead atoms. The standard InChI is InChI=1S/C9H17BNO8P2/c1-7-4-5-8(11-3)6-9(7)10(2,20(14,15)18-12)21(16,17)19-13/h4-6,11-13H,1-3H3,(H,14,15)(H,16,17)/q-1. The Kier molecular flexibility index (Phi) is 5.42. The van der Waals surface area contributed by atoms with Gasteiger partial charge in [-0.2, -0.15) is 21.6 Å². The largest absolute Gasteiger partial charge is 0.388 e. The van der Waals surface area contributed by atoms with Gasteiger partial charge in [-0.05, 0) is 13.0 Å². The maximum absolute atomic E-state index is 12.1. The van der Waals surface area contributed by atoms with E-state index in [0.29, 0.717) is 11.3 Å². The first-order valence-electron chi connectivity index (χ1n) is 5.87. The average Bonchev–Trinajstić information content (AvgIpc) is 2.46. The number of hydrogen-bond donors (Lipinski definition) is 5. The number of benzene rings is 1. The van der Waals surface area contributed by atoms with Crippen molar-refractivity contribution in [2.75, 3.05) is 12.4 Å². The molecule has 0 fully saturated rings. The van der Waals surface area contributed by atoms with E-state index in [4.69, 9.17) is 10.5 Å². The molecule has 120 valence electrons. The molecule has 0 aliphatic carbocycles. The van der Waals surface area contributed by atoms with E-state index in [1.54, 1.807) is 13.1 Å². The third-order valence-electron chi connectivity index (χ3n) is 3.66. The summed E-state index contributed by atoms with van der Waals surface area (Å²) in [5.74, 6) is 0. The number of rotatable bonds is 6. The lowest BCUT2D eigenvalue weighted by Crippen LogP contribution is -2.47. The summed E-state index contributed by atoms with van der Waals surface area (Å²) in [7, 11) is -8.46. The molecule has 0 spiro atoms. The van der Waals surface area contributed by atoms with Crippen molar-refractivity contribution in [1.29, 1.82) is 0 Å². The topological polar surface area (TPSA) is 146 Å². The predicted octanol–water partition coefficient (Wildman–Crippen LogP) is 1.67. The van der Waals surface area contributed by atoms with Crippen LogP contribution in [-0.4, -0.2) is 32.9 Å². The molecule has 21 heavy (non-hydrogen) atoms. The first-order valence-corrected chi connectivity index (χ1v) is 9.16. The maximum Gasteiger partial charge on any atom is 0.293 e. The minimum Gasteiger partial charge on any atom is -0.388 e. The van der Waals surface area contributed by atoms with Crippen LogP contribution in [0, 0.1) is 6.92 Å². The molecule has 0 saturated heterocycles. The van der Waals surface area contributed by atoms with Crippen molar-refractivity contribution in [2.45, 2.75) is 13.7 Å². The SMILES string of the molecule is CNc1ccc(C)c([B-](C)(P(=O)(O)OO)P(=O)(O)OO)c1. The van der Waals surface area contributed by atoms with Crippen LogP contribution in [0.5, 0.6) is 0 Å². The van der Waals surface area contributed by atoms with Crippen molar-refractivity contribution >= 4 is 31.7 Å². The summed E-state index contributed by atoms with van der Waals surface area (Å²) in [4.78, 5) is 19.6. The van der Waals surface area contributed by atoms with Gasteiger partial charge in [-0.3, -0.25) is 0 Å². The minimum absolute atomic E-state index is 0.0402. The summed E-state index contributed by atoms with van der Waals surface area (Å²) < 4.78 is 31.4. The van der Waals surface area contributed by atoms with E-state index >= 15 is 0 Å². The van der Waals surface area contributed by atoms with E-state index in [-0.39, 0.29) is 5.46 Å². The second-order valence-corrected chi connectivity index (χ2v) is 9.85. The van der Waals surface area contributed by atoms with Gasteiger partial charge in [0.1, 0.15) is 0 Å². The molecule has 9 nitrogen and oxygen atoms in total. The van der Waals surface area contributed by atoms with E-state index in [1.165, 1.54) is 19.1 Å². The molecule has 2 unspecified atom stereocenters. The molecule has 0 radical (unpaired) electrons. The molecule has 1 rings (SSSR count). The zero-order chi connectivity index (χ0) is 16.5. The third kappa shape index (κ3) is 2.95. The second-order valence-electron chi connectivity index (χ2n) is 4.79. The molecule has 0 aromatic heterocycles. The first kappa shape index (κ1) is 18.4. The van der Waals surface area contributed by atoms with Gasteiger partial charge in [-0.1, -0.05) is 17.7 Å². The summed E-state index contributed by atoms with van der Waals surface area (Å²) in [5, 5.41) is 20.1. The Morgan fingerprint density at radius 2 is 1.62 bits per heavy atom. The summed E-state index contributed by atoms with van der Waals surface area (Å²) in [6.45, 7) is 2.47. The van der Waals surface area contributed by atoms with Gasteiger partial charge in [0.05, 0.1) is 0 Å². The van der Waals surface area contributed by atoms with Gasteiger partial charge in [-0.25, -0.2) is 10.5 Å². The molecule has 0 aliphatic rings. The van der Waals surface area contributed by atoms with Gasteiger partial charge in [0.15, 0.2) is 0 Å². The van der Waals surface area contributed by atoms with Crippen molar-refractivity contribution in [3.05, 3.63) is 23.8 Å². The highest BCUT2D eigenvalue weighted by molar-refractivity contribution is 8.24. The van der Waals surface area contributed by atoms with Crippen LogP contribution < -0.4 is 10.8 Å². The Labute approximate surface area is 121 Å². The molecule has 0 heterocycles.